The van der Waals surface area contributed by atoms with Crippen molar-refractivity contribution >= 4 is 0 Å². The first kappa shape index (κ1) is 26.0. The molecule has 0 spiro atoms. The molecule has 1 aromatic heterocycles. The zero-order valence-corrected chi connectivity index (χ0v) is 23.3. The summed E-state index contributed by atoms with van der Waals surface area (Å²) in [5, 5.41) is 12.5. The van der Waals surface area contributed by atoms with Crippen molar-refractivity contribution < 1.29 is 13.9 Å². The molecule has 2 heterocycles. The van der Waals surface area contributed by atoms with Gasteiger partial charge in [-0.15, -0.1) is 0 Å². The van der Waals surface area contributed by atoms with Crippen LogP contribution in [0.25, 0.3) is 0 Å². The summed E-state index contributed by atoms with van der Waals surface area (Å²) >= 11 is 0. The number of rotatable bonds is 3. The van der Waals surface area contributed by atoms with E-state index in [0.29, 0.717) is 30.3 Å². The van der Waals surface area contributed by atoms with Gasteiger partial charge in [-0.2, -0.15) is 0 Å². The highest BCUT2D eigenvalue weighted by molar-refractivity contribution is 5.27. The van der Waals surface area contributed by atoms with Gasteiger partial charge in [-0.3, -0.25) is 4.90 Å². The number of fused-ring (bicyclic) bond motifs is 5. The first-order chi connectivity index (χ1) is 17.6. The first-order valence-corrected chi connectivity index (χ1v) is 14.9. The van der Waals surface area contributed by atoms with Gasteiger partial charge in [0, 0.05) is 30.1 Å². The number of aliphatic hydroxyl groups is 1. The van der Waals surface area contributed by atoms with Crippen LogP contribution in [0.3, 0.4) is 0 Å². The van der Waals surface area contributed by atoms with Crippen LogP contribution in [0.5, 0.6) is 0 Å². The summed E-state index contributed by atoms with van der Waals surface area (Å²) in [5.74, 6) is 1.79. The van der Waals surface area contributed by atoms with Crippen LogP contribution < -0.4 is 5.63 Å². The van der Waals surface area contributed by atoms with Gasteiger partial charge >= 0.3 is 5.63 Å². The van der Waals surface area contributed by atoms with Crippen LogP contribution in [0.2, 0.25) is 0 Å². The van der Waals surface area contributed by atoms with Gasteiger partial charge in [-0.25, -0.2) is 9.18 Å². The number of nitrogens with zero attached hydrogens (tertiary/aromatic N) is 2. The Kier molecular flexibility index (Phi) is 6.44. The first-order valence-electron chi connectivity index (χ1n) is 14.9. The highest BCUT2D eigenvalue weighted by atomic mass is 19.1. The van der Waals surface area contributed by atoms with E-state index < -0.39 is 11.8 Å². The quantitative estimate of drug-likeness (QED) is 0.599. The van der Waals surface area contributed by atoms with Crippen LogP contribution in [-0.4, -0.2) is 65.9 Å². The van der Waals surface area contributed by atoms with E-state index in [1.54, 1.807) is 6.26 Å². The van der Waals surface area contributed by atoms with Gasteiger partial charge in [0.05, 0.1) is 11.9 Å². The van der Waals surface area contributed by atoms with Crippen LogP contribution in [0.15, 0.2) is 27.6 Å². The highest BCUT2D eigenvalue weighted by Crippen LogP contribution is 2.70. The lowest BCUT2D eigenvalue weighted by Gasteiger charge is -2.64. The van der Waals surface area contributed by atoms with Crippen LogP contribution in [-0.2, 0) is 0 Å². The number of hydrogen-bond acceptors (Lipinski definition) is 5. The third-order valence-corrected chi connectivity index (χ3v) is 12.8. The van der Waals surface area contributed by atoms with Gasteiger partial charge in [-0.1, -0.05) is 13.8 Å². The van der Waals surface area contributed by atoms with Crippen molar-refractivity contribution in [2.45, 2.75) is 108 Å². The summed E-state index contributed by atoms with van der Waals surface area (Å²) in [7, 11) is 4.21. The Balaban J connectivity index is 1.19. The molecule has 5 aliphatic rings. The maximum absolute atomic E-state index is 15.0. The van der Waals surface area contributed by atoms with Gasteiger partial charge in [0.2, 0.25) is 0 Å². The van der Waals surface area contributed by atoms with Crippen LogP contribution in [0, 0.1) is 28.6 Å². The summed E-state index contributed by atoms with van der Waals surface area (Å²) in [6.07, 6.45) is 11.6. The molecule has 4 aliphatic carbocycles. The molecule has 6 rings (SSSR count). The molecule has 6 heteroatoms. The maximum Gasteiger partial charge on any atom is 0.335 e. The molecule has 206 valence electrons. The lowest BCUT2D eigenvalue weighted by Crippen LogP contribution is -2.63. The van der Waals surface area contributed by atoms with E-state index in [0.717, 1.165) is 50.6 Å². The fourth-order valence-electron chi connectivity index (χ4n) is 10.4. The smallest absolute Gasteiger partial charge is 0.335 e. The third kappa shape index (κ3) is 3.90. The Bertz CT molecular complexity index is 1040. The Morgan fingerprint density at radius 1 is 1.05 bits per heavy atom. The molecule has 1 N–H and O–H groups in total. The molecule has 5 fully saturated rings. The van der Waals surface area contributed by atoms with Crippen molar-refractivity contribution in [3.8, 4) is 0 Å². The molecule has 0 aromatic carbocycles. The molecular weight excluding hydrogens is 467 g/mol. The second-order valence-electron chi connectivity index (χ2n) is 14.1. The number of hydrogen-bond donors (Lipinski definition) is 1. The minimum atomic E-state index is -0.758. The molecule has 0 bridgehead atoms. The molecule has 10 atom stereocenters. The molecule has 4 saturated carbocycles. The van der Waals surface area contributed by atoms with Gasteiger partial charge in [0.1, 0.15) is 6.17 Å². The van der Waals surface area contributed by atoms with Crippen molar-refractivity contribution in [1.29, 1.82) is 0 Å². The summed E-state index contributed by atoms with van der Waals surface area (Å²) in [4.78, 5) is 16.1. The summed E-state index contributed by atoms with van der Waals surface area (Å²) in [6.45, 7) is 6.38. The number of piperidine rings is 1. The fourth-order valence-corrected chi connectivity index (χ4v) is 10.4. The Hall–Kier alpha value is -1.24. The molecule has 1 aromatic rings. The molecule has 1 saturated heterocycles. The SMILES string of the molecule is CN1CCC(N(C)[C@H]2CC[C@@]3(C)[C@H](CC[C@@H]4[C@@H]3CC[C@]3(C)[C@@H](c5ccc(=O)oc5)CC[C@]43O)C2)[C@H](F)C1. The molecule has 37 heavy (non-hydrogen) atoms. The lowest BCUT2D eigenvalue weighted by atomic mass is 9.43. The maximum atomic E-state index is 15.0. The van der Waals surface area contributed by atoms with Crippen molar-refractivity contribution in [2.24, 2.45) is 28.6 Å². The van der Waals surface area contributed by atoms with Crippen LogP contribution >= 0.6 is 0 Å². The predicted octanol–water partition coefficient (Wildman–Crippen LogP) is 5.22. The normalized spacial score (nSPS) is 48.4. The molecular formula is C31H47FN2O3. The topological polar surface area (TPSA) is 56.9 Å². The molecule has 5 nitrogen and oxygen atoms in total. The van der Waals surface area contributed by atoms with Crippen molar-refractivity contribution in [2.75, 3.05) is 27.2 Å². The minimum absolute atomic E-state index is 0.0517. The largest absolute Gasteiger partial charge is 0.431 e. The third-order valence-electron chi connectivity index (χ3n) is 12.8. The van der Waals surface area contributed by atoms with Crippen molar-refractivity contribution in [3.05, 3.63) is 34.4 Å². The van der Waals surface area contributed by atoms with E-state index in [9.17, 15) is 14.3 Å². The zero-order valence-electron chi connectivity index (χ0n) is 23.3. The van der Waals surface area contributed by atoms with E-state index >= 15 is 0 Å². The zero-order chi connectivity index (χ0) is 26.2. The molecule has 0 amide bonds. The van der Waals surface area contributed by atoms with Gasteiger partial charge in [0.25, 0.3) is 0 Å². The van der Waals surface area contributed by atoms with E-state index in [1.807, 2.05) is 13.1 Å². The van der Waals surface area contributed by atoms with E-state index in [1.165, 1.54) is 31.7 Å². The fraction of sp³-hybridized carbons (Fsp3) is 0.839. The van der Waals surface area contributed by atoms with Gasteiger partial charge in [-0.05, 0) is 126 Å². The minimum Gasteiger partial charge on any atom is -0.431 e. The average Bonchev–Trinajstić information content (AvgIpc) is 3.15. The molecule has 1 unspecified atom stereocenters. The Morgan fingerprint density at radius 3 is 2.59 bits per heavy atom. The second-order valence-corrected chi connectivity index (χ2v) is 14.1. The Labute approximate surface area is 221 Å². The number of halogens is 1. The van der Waals surface area contributed by atoms with E-state index in [4.69, 9.17) is 4.42 Å². The van der Waals surface area contributed by atoms with Crippen LogP contribution in [0.1, 0.15) is 89.5 Å². The van der Waals surface area contributed by atoms with E-state index in [2.05, 4.69) is 30.7 Å². The predicted molar refractivity (Wildman–Crippen MR) is 143 cm³/mol. The number of likely N-dealkylation sites (tertiary alicyclic amines) is 1. The standard InChI is InChI=1S/C31H47FN2O3/c1-29-13-9-22(34(4)27-12-16-33(3)18-26(27)32)17-21(29)6-7-25-24(29)10-14-30(2)23(11-15-31(25,30)36)20-5-8-28(35)37-19-20/h5,8,19,21-27,36H,6-7,9-18H2,1-4H3/t21-,22+,23-,24+,25-,26-,27?,29+,30-,31+/m1/s1. The summed E-state index contributed by atoms with van der Waals surface area (Å²) in [6, 6.07) is 3.97. The second kappa shape index (κ2) is 9.16. The van der Waals surface area contributed by atoms with Crippen molar-refractivity contribution in [3.63, 3.8) is 0 Å². The van der Waals surface area contributed by atoms with Crippen LogP contribution in [0.4, 0.5) is 4.39 Å². The number of alkyl halides is 1. The van der Waals surface area contributed by atoms with E-state index in [-0.39, 0.29) is 28.4 Å². The van der Waals surface area contributed by atoms with Crippen molar-refractivity contribution in [1.82, 2.24) is 9.80 Å². The summed E-state index contributed by atoms with van der Waals surface area (Å²) in [5.41, 5.74) is 0.181. The lowest BCUT2D eigenvalue weighted by molar-refractivity contribution is -0.204. The Morgan fingerprint density at radius 2 is 1.86 bits per heavy atom. The summed E-state index contributed by atoms with van der Waals surface area (Å²) < 4.78 is 20.2. The average molecular weight is 515 g/mol. The monoisotopic (exact) mass is 514 g/mol. The molecule has 1 aliphatic heterocycles. The van der Waals surface area contributed by atoms with Gasteiger partial charge < -0.3 is 14.4 Å². The molecule has 0 radical (unpaired) electrons. The van der Waals surface area contributed by atoms with Gasteiger partial charge in [0.15, 0.2) is 0 Å². The highest BCUT2D eigenvalue weighted by Gasteiger charge is 2.67.